The fraction of sp³-hybridized carbons (Fsp3) is 1.00. The van der Waals surface area contributed by atoms with Gasteiger partial charge in [-0.15, -0.1) is 0 Å². The lowest BCUT2D eigenvalue weighted by Gasteiger charge is -2.04. The van der Waals surface area contributed by atoms with E-state index in [2.05, 4.69) is 37.4 Å². The Hall–Kier alpha value is 0.700. The average Bonchev–Trinajstić information content (AvgIpc) is 2.85. The van der Waals surface area contributed by atoms with Gasteiger partial charge in [-0.05, 0) is 48.7 Å². The lowest BCUT2D eigenvalue weighted by molar-refractivity contribution is 0.555. The standard InChI is InChI=1S/C32H66S2/c1-3-5-7-9-11-13-15-17-19-21-25-29-33-31-27-23-24-28-32-34-30-26-22-20-18-16-14-12-10-8-6-4-2/h3-32H2,1-2H3. The van der Waals surface area contributed by atoms with E-state index in [-0.39, 0.29) is 0 Å². The van der Waals surface area contributed by atoms with Gasteiger partial charge >= 0.3 is 0 Å². The van der Waals surface area contributed by atoms with E-state index in [0.29, 0.717) is 0 Å². The maximum atomic E-state index is 2.31. The third kappa shape index (κ3) is 32.7. The lowest BCUT2D eigenvalue weighted by Crippen LogP contribution is -1.89. The van der Waals surface area contributed by atoms with Gasteiger partial charge in [-0.25, -0.2) is 0 Å². The minimum Gasteiger partial charge on any atom is -0.162 e. The molecule has 0 saturated heterocycles. The van der Waals surface area contributed by atoms with E-state index in [1.54, 1.807) is 0 Å². The highest BCUT2D eigenvalue weighted by Crippen LogP contribution is 2.16. The second kappa shape index (κ2) is 33.7. The van der Waals surface area contributed by atoms with Crippen LogP contribution in [0.4, 0.5) is 0 Å². The third-order valence-electron chi connectivity index (χ3n) is 7.11. The van der Waals surface area contributed by atoms with Crippen molar-refractivity contribution >= 4 is 23.5 Å². The molecule has 0 aromatic carbocycles. The molecule has 0 bridgehead atoms. The summed E-state index contributed by atoms with van der Waals surface area (Å²) in [4.78, 5) is 0. The summed E-state index contributed by atoms with van der Waals surface area (Å²) in [7, 11) is 0. The van der Waals surface area contributed by atoms with Crippen molar-refractivity contribution in [2.45, 2.75) is 181 Å². The summed E-state index contributed by atoms with van der Waals surface area (Å²) in [6, 6.07) is 0. The van der Waals surface area contributed by atoms with Crippen LogP contribution in [-0.4, -0.2) is 23.0 Å². The zero-order valence-corrected chi connectivity index (χ0v) is 25.7. The van der Waals surface area contributed by atoms with Crippen LogP contribution in [0.2, 0.25) is 0 Å². The van der Waals surface area contributed by atoms with Crippen molar-refractivity contribution in [3.05, 3.63) is 0 Å². The van der Waals surface area contributed by atoms with Crippen LogP contribution >= 0.6 is 23.5 Å². The largest absolute Gasteiger partial charge is 0.162 e. The van der Waals surface area contributed by atoms with Crippen LogP contribution in [0.1, 0.15) is 181 Å². The Bertz CT molecular complexity index is 299. The van der Waals surface area contributed by atoms with Crippen LogP contribution in [0, 0.1) is 0 Å². The monoisotopic (exact) mass is 514 g/mol. The molecule has 0 atom stereocenters. The molecular formula is C32H66S2. The Morgan fingerprint density at radius 3 is 0.618 bits per heavy atom. The number of unbranched alkanes of at least 4 members (excludes halogenated alkanes) is 23. The highest BCUT2D eigenvalue weighted by molar-refractivity contribution is 7.99. The van der Waals surface area contributed by atoms with Crippen LogP contribution < -0.4 is 0 Å². The van der Waals surface area contributed by atoms with Gasteiger partial charge in [-0.1, -0.05) is 155 Å². The first kappa shape index (κ1) is 34.7. The lowest BCUT2D eigenvalue weighted by atomic mass is 10.1. The first-order chi connectivity index (χ1) is 16.9. The predicted molar refractivity (Wildman–Crippen MR) is 166 cm³/mol. The number of hydrogen-bond donors (Lipinski definition) is 0. The summed E-state index contributed by atoms with van der Waals surface area (Å²) >= 11 is 4.43. The van der Waals surface area contributed by atoms with Crippen LogP contribution in [-0.2, 0) is 0 Å². The van der Waals surface area contributed by atoms with Gasteiger partial charge in [0.05, 0.1) is 0 Å². The Morgan fingerprint density at radius 1 is 0.235 bits per heavy atom. The molecule has 0 spiro atoms. The van der Waals surface area contributed by atoms with Crippen molar-refractivity contribution in [1.82, 2.24) is 0 Å². The van der Waals surface area contributed by atoms with Crippen molar-refractivity contribution < 1.29 is 0 Å². The average molecular weight is 515 g/mol. The number of hydrogen-bond acceptors (Lipinski definition) is 2. The Kier molecular flexibility index (Phi) is 34.4. The summed E-state index contributed by atoms with van der Waals surface area (Å²) in [6.07, 6.45) is 38.0. The quantitative estimate of drug-likeness (QED) is 0.0843. The SMILES string of the molecule is CCCCCCCCCCCCCSCCCCCCSCCCCCCCCCCCCC. The Labute approximate surface area is 226 Å². The van der Waals surface area contributed by atoms with Crippen LogP contribution in [0.25, 0.3) is 0 Å². The summed E-state index contributed by atoms with van der Waals surface area (Å²) in [5.74, 6) is 5.63. The van der Waals surface area contributed by atoms with Gasteiger partial charge in [0, 0.05) is 0 Å². The summed E-state index contributed by atoms with van der Waals surface area (Å²) in [5, 5.41) is 0. The van der Waals surface area contributed by atoms with Gasteiger partial charge in [-0.2, -0.15) is 23.5 Å². The van der Waals surface area contributed by atoms with Crippen LogP contribution in [0.5, 0.6) is 0 Å². The number of thioether (sulfide) groups is 2. The zero-order chi connectivity index (χ0) is 24.6. The second-order valence-corrected chi connectivity index (χ2v) is 13.2. The molecule has 0 rings (SSSR count). The molecule has 34 heavy (non-hydrogen) atoms. The molecule has 0 aliphatic carbocycles. The molecule has 0 saturated carbocycles. The fourth-order valence-corrected chi connectivity index (χ4v) is 6.74. The van der Waals surface area contributed by atoms with E-state index in [4.69, 9.17) is 0 Å². The van der Waals surface area contributed by atoms with E-state index in [0.717, 1.165) is 0 Å². The molecule has 0 aliphatic rings. The molecule has 0 aromatic rings. The molecule has 0 heterocycles. The maximum absolute atomic E-state index is 2.31. The molecule has 0 N–H and O–H groups in total. The van der Waals surface area contributed by atoms with E-state index in [1.165, 1.54) is 190 Å². The molecule has 0 aromatic heterocycles. The van der Waals surface area contributed by atoms with E-state index in [9.17, 15) is 0 Å². The fourth-order valence-electron chi connectivity index (χ4n) is 4.70. The van der Waals surface area contributed by atoms with Gasteiger partial charge in [0.1, 0.15) is 0 Å². The Balaban J connectivity index is 2.99. The van der Waals surface area contributed by atoms with E-state index >= 15 is 0 Å². The summed E-state index contributed by atoms with van der Waals surface area (Å²) in [6.45, 7) is 4.61. The Morgan fingerprint density at radius 2 is 0.412 bits per heavy atom. The first-order valence-electron chi connectivity index (χ1n) is 16.1. The van der Waals surface area contributed by atoms with E-state index in [1.807, 2.05) is 0 Å². The zero-order valence-electron chi connectivity index (χ0n) is 24.0. The molecule has 2 heteroatoms. The third-order valence-corrected chi connectivity index (χ3v) is 9.42. The second-order valence-electron chi connectivity index (χ2n) is 10.7. The van der Waals surface area contributed by atoms with Gasteiger partial charge < -0.3 is 0 Å². The minimum atomic E-state index is 1.37. The summed E-state index contributed by atoms with van der Waals surface area (Å²) in [5.41, 5.74) is 0. The predicted octanol–water partition coefficient (Wildman–Crippen LogP) is 12.6. The van der Waals surface area contributed by atoms with Gasteiger partial charge in [0.25, 0.3) is 0 Å². The molecule has 0 fully saturated rings. The minimum absolute atomic E-state index is 1.37. The molecule has 0 unspecified atom stereocenters. The van der Waals surface area contributed by atoms with Crippen molar-refractivity contribution in [2.75, 3.05) is 23.0 Å². The van der Waals surface area contributed by atoms with Crippen molar-refractivity contribution in [3.63, 3.8) is 0 Å². The van der Waals surface area contributed by atoms with Crippen molar-refractivity contribution in [3.8, 4) is 0 Å². The highest BCUT2D eigenvalue weighted by atomic mass is 32.2. The molecule has 206 valence electrons. The highest BCUT2D eigenvalue weighted by Gasteiger charge is 1.97. The number of rotatable bonds is 31. The first-order valence-corrected chi connectivity index (χ1v) is 18.4. The molecular weight excluding hydrogens is 448 g/mol. The molecule has 0 amide bonds. The molecule has 0 aliphatic heterocycles. The molecule has 0 nitrogen and oxygen atoms in total. The molecule has 0 radical (unpaired) electrons. The normalized spacial score (nSPS) is 11.5. The smallest absolute Gasteiger partial charge is 0.00675 e. The van der Waals surface area contributed by atoms with Crippen molar-refractivity contribution in [2.24, 2.45) is 0 Å². The summed E-state index contributed by atoms with van der Waals surface area (Å²) < 4.78 is 0. The van der Waals surface area contributed by atoms with Crippen LogP contribution in [0.15, 0.2) is 0 Å². The van der Waals surface area contributed by atoms with Crippen molar-refractivity contribution in [1.29, 1.82) is 0 Å². The van der Waals surface area contributed by atoms with Crippen LogP contribution in [0.3, 0.4) is 0 Å². The topological polar surface area (TPSA) is 0 Å². The van der Waals surface area contributed by atoms with E-state index < -0.39 is 0 Å². The van der Waals surface area contributed by atoms with Gasteiger partial charge in [0.15, 0.2) is 0 Å². The van der Waals surface area contributed by atoms with Gasteiger partial charge in [-0.3, -0.25) is 0 Å². The maximum Gasteiger partial charge on any atom is -0.00675 e. The van der Waals surface area contributed by atoms with Gasteiger partial charge in [0.2, 0.25) is 0 Å².